The SMILES string of the molecule is CCNc1ncnc(-c2cc(F)ccc2F)c1C. The summed E-state index contributed by atoms with van der Waals surface area (Å²) in [6, 6.07) is 3.32. The Bertz CT molecular complexity index is 570. The molecule has 1 aromatic carbocycles. The van der Waals surface area contributed by atoms with Crippen molar-refractivity contribution in [2.75, 3.05) is 11.9 Å². The van der Waals surface area contributed by atoms with Crippen molar-refractivity contribution < 1.29 is 8.78 Å². The molecular weight excluding hydrogens is 236 g/mol. The molecule has 18 heavy (non-hydrogen) atoms. The Morgan fingerprint density at radius 1 is 1.22 bits per heavy atom. The normalized spacial score (nSPS) is 10.4. The second kappa shape index (κ2) is 5.08. The number of nitrogens with one attached hydrogen (secondary N) is 1. The van der Waals surface area contributed by atoms with Gasteiger partial charge in [-0.1, -0.05) is 0 Å². The van der Waals surface area contributed by atoms with Gasteiger partial charge in [0.05, 0.1) is 5.69 Å². The summed E-state index contributed by atoms with van der Waals surface area (Å²) >= 11 is 0. The number of benzene rings is 1. The highest BCUT2D eigenvalue weighted by molar-refractivity contribution is 5.68. The quantitative estimate of drug-likeness (QED) is 0.908. The fourth-order valence-electron chi connectivity index (χ4n) is 1.75. The zero-order valence-electron chi connectivity index (χ0n) is 10.2. The molecule has 0 aliphatic heterocycles. The van der Waals surface area contributed by atoms with Crippen molar-refractivity contribution in [3.8, 4) is 11.3 Å². The van der Waals surface area contributed by atoms with Crippen LogP contribution in [0.15, 0.2) is 24.5 Å². The summed E-state index contributed by atoms with van der Waals surface area (Å²) < 4.78 is 26.9. The van der Waals surface area contributed by atoms with E-state index in [1.54, 1.807) is 6.92 Å². The second-order valence-corrected chi connectivity index (χ2v) is 3.85. The first-order valence-electron chi connectivity index (χ1n) is 5.64. The highest BCUT2D eigenvalue weighted by Crippen LogP contribution is 2.27. The molecule has 0 radical (unpaired) electrons. The zero-order valence-corrected chi connectivity index (χ0v) is 10.2. The summed E-state index contributed by atoms with van der Waals surface area (Å²) in [4.78, 5) is 8.10. The van der Waals surface area contributed by atoms with Gasteiger partial charge in [0.1, 0.15) is 23.8 Å². The van der Waals surface area contributed by atoms with E-state index in [0.29, 0.717) is 23.6 Å². The van der Waals surface area contributed by atoms with Crippen LogP contribution in [-0.4, -0.2) is 16.5 Å². The van der Waals surface area contributed by atoms with Gasteiger partial charge in [-0.3, -0.25) is 0 Å². The standard InChI is InChI=1S/C13H13F2N3/c1-3-16-13-8(2)12(17-7-18-13)10-6-9(14)4-5-11(10)15/h4-7H,3H2,1-2H3,(H,16,17,18). The number of hydrogen-bond acceptors (Lipinski definition) is 3. The van der Waals surface area contributed by atoms with Crippen molar-refractivity contribution in [3.05, 3.63) is 41.7 Å². The highest BCUT2D eigenvalue weighted by atomic mass is 19.1. The van der Waals surface area contributed by atoms with Crippen LogP contribution in [0.3, 0.4) is 0 Å². The summed E-state index contributed by atoms with van der Waals surface area (Å²) in [6.45, 7) is 4.41. The highest BCUT2D eigenvalue weighted by Gasteiger charge is 2.13. The first kappa shape index (κ1) is 12.4. The first-order chi connectivity index (χ1) is 8.63. The Kier molecular flexibility index (Phi) is 3.50. The average Bonchev–Trinajstić information content (AvgIpc) is 2.35. The van der Waals surface area contributed by atoms with Crippen LogP contribution < -0.4 is 5.32 Å². The molecule has 0 saturated carbocycles. The van der Waals surface area contributed by atoms with E-state index in [1.165, 1.54) is 6.33 Å². The lowest BCUT2D eigenvalue weighted by atomic mass is 10.1. The zero-order chi connectivity index (χ0) is 13.1. The summed E-state index contributed by atoms with van der Waals surface area (Å²) in [5, 5.41) is 3.05. The first-order valence-corrected chi connectivity index (χ1v) is 5.64. The van der Waals surface area contributed by atoms with Crippen LogP contribution in [0.1, 0.15) is 12.5 Å². The molecule has 1 N–H and O–H groups in total. The number of halogens is 2. The minimum atomic E-state index is -0.499. The molecule has 0 unspecified atom stereocenters. The van der Waals surface area contributed by atoms with E-state index >= 15 is 0 Å². The fraction of sp³-hybridized carbons (Fsp3) is 0.231. The van der Waals surface area contributed by atoms with Gasteiger partial charge >= 0.3 is 0 Å². The number of aromatic nitrogens is 2. The third-order valence-electron chi connectivity index (χ3n) is 2.61. The van der Waals surface area contributed by atoms with Crippen LogP contribution in [-0.2, 0) is 0 Å². The van der Waals surface area contributed by atoms with Gasteiger partial charge in [0.25, 0.3) is 0 Å². The Morgan fingerprint density at radius 2 is 2.00 bits per heavy atom. The molecule has 0 fully saturated rings. The summed E-state index contributed by atoms with van der Waals surface area (Å²) in [6.07, 6.45) is 1.34. The molecule has 3 nitrogen and oxygen atoms in total. The molecule has 0 bridgehead atoms. The topological polar surface area (TPSA) is 37.8 Å². The molecule has 0 spiro atoms. The molecule has 0 atom stereocenters. The summed E-state index contributed by atoms with van der Waals surface area (Å²) in [5.41, 5.74) is 1.25. The molecular formula is C13H13F2N3. The van der Waals surface area contributed by atoms with Crippen LogP contribution in [0.25, 0.3) is 11.3 Å². The molecule has 0 aliphatic rings. The third-order valence-corrected chi connectivity index (χ3v) is 2.61. The molecule has 2 aromatic rings. The van der Waals surface area contributed by atoms with E-state index in [9.17, 15) is 8.78 Å². The minimum Gasteiger partial charge on any atom is -0.370 e. The van der Waals surface area contributed by atoms with Crippen LogP contribution in [0.2, 0.25) is 0 Å². The number of rotatable bonds is 3. The predicted molar refractivity (Wildman–Crippen MR) is 66.3 cm³/mol. The smallest absolute Gasteiger partial charge is 0.132 e. The molecule has 94 valence electrons. The number of nitrogens with zero attached hydrogens (tertiary/aromatic N) is 2. The Hall–Kier alpha value is -2.04. The lowest BCUT2D eigenvalue weighted by Crippen LogP contribution is -2.04. The largest absolute Gasteiger partial charge is 0.370 e. The van der Waals surface area contributed by atoms with Crippen molar-refractivity contribution in [1.82, 2.24) is 9.97 Å². The van der Waals surface area contributed by atoms with E-state index in [2.05, 4.69) is 15.3 Å². The Balaban J connectivity index is 2.57. The van der Waals surface area contributed by atoms with E-state index in [1.807, 2.05) is 6.92 Å². The molecule has 0 amide bonds. The van der Waals surface area contributed by atoms with Crippen LogP contribution in [0, 0.1) is 18.6 Å². The molecule has 1 aromatic heterocycles. The van der Waals surface area contributed by atoms with Gasteiger partial charge in [0.2, 0.25) is 0 Å². The lowest BCUT2D eigenvalue weighted by Gasteiger charge is -2.10. The third kappa shape index (κ3) is 2.30. The Labute approximate surface area is 104 Å². The Morgan fingerprint density at radius 3 is 2.72 bits per heavy atom. The maximum Gasteiger partial charge on any atom is 0.132 e. The van der Waals surface area contributed by atoms with Crippen LogP contribution >= 0.6 is 0 Å². The maximum atomic E-state index is 13.7. The summed E-state index contributed by atoms with van der Waals surface area (Å²) in [7, 11) is 0. The molecule has 5 heteroatoms. The van der Waals surface area contributed by atoms with Gasteiger partial charge in [0.15, 0.2) is 0 Å². The average molecular weight is 249 g/mol. The van der Waals surface area contributed by atoms with E-state index < -0.39 is 11.6 Å². The predicted octanol–water partition coefficient (Wildman–Crippen LogP) is 3.16. The number of anilines is 1. The van der Waals surface area contributed by atoms with Gasteiger partial charge in [0, 0.05) is 17.7 Å². The molecule has 2 rings (SSSR count). The monoisotopic (exact) mass is 249 g/mol. The van der Waals surface area contributed by atoms with Crippen molar-refractivity contribution in [2.45, 2.75) is 13.8 Å². The number of hydrogen-bond donors (Lipinski definition) is 1. The fourth-order valence-corrected chi connectivity index (χ4v) is 1.75. The molecule has 0 saturated heterocycles. The van der Waals surface area contributed by atoms with E-state index in [4.69, 9.17) is 0 Å². The van der Waals surface area contributed by atoms with Crippen molar-refractivity contribution in [2.24, 2.45) is 0 Å². The molecule has 0 aliphatic carbocycles. The van der Waals surface area contributed by atoms with Crippen molar-refractivity contribution >= 4 is 5.82 Å². The second-order valence-electron chi connectivity index (χ2n) is 3.85. The van der Waals surface area contributed by atoms with Crippen molar-refractivity contribution in [1.29, 1.82) is 0 Å². The lowest BCUT2D eigenvalue weighted by molar-refractivity contribution is 0.602. The minimum absolute atomic E-state index is 0.147. The van der Waals surface area contributed by atoms with Gasteiger partial charge < -0.3 is 5.32 Å². The van der Waals surface area contributed by atoms with E-state index in [-0.39, 0.29) is 5.56 Å². The van der Waals surface area contributed by atoms with Crippen LogP contribution in [0.5, 0.6) is 0 Å². The van der Waals surface area contributed by atoms with Crippen molar-refractivity contribution in [3.63, 3.8) is 0 Å². The van der Waals surface area contributed by atoms with E-state index in [0.717, 1.165) is 18.2 Å². The van der Waals surface area contributed by atoms with Crippen LogP contribution in [0.4, 0.5) is 14.6 Å². The summed E-state index contributed by atoms with van der Waals surface area (Å²) in [5.74, 6) is -0.360. The van der Waals surface area contributed by atoms with Gasteiger partial charge in [-0.25, -0.2) is 18.7 Å². The van der Waals surface area contributed by atoms with Gasteiger partial charge in [-0.2, -0.15) is 0 Å². The van der Waals surface area contributed by atoms with Gasteiger partial charge in [-0.15, -0.1) is 0 Å². The molecule has 1 heterocycles. The van der Waals surface area contributed by atoms with Gasteiger partial charge in [-0.05, 0) is 32.0 Å². The maximum absolute atomic E-state index is 13.7.